The summed E-state index contributed by atoms with van der Waals surface area (Å²) in [5.41, 5.74) is 5.36. The summed E-state index contributed by atoms with van der Waals surface area (Å²) in [4.78, 5) is 3.73. The Morgan fingerprint density at radius 2 is 2.18 bits per heavy atom. The van der Waals surface area contributed by atoms with E-state index in [1.54, 1.807) is 0 Å². The first-order valence-electron chi connectivity index (χ1n) is 2.80. The summed E-state index contributed by atoms with van der Waals surface area (Å²) in [7, 11) is 1.48. The van der Waals surface area contributed by atoms with E-state index in [0.717, 1.165) is 0 Å². The minimum absolute atomic E-state index is 0.206. The molecule has 3 nitrogen and oxygen atoms in total. The van der Waals surface area contributed by atoms with Gasteiger partial charge in [0.15, 0.2) is 10.9 Å². The maximum absolute atomic E-state index is 5.64. The van der Waals surface area contributed by atoms with E-state index in [0.29, 0.717) is 10.8 Å². The van der Waals surface area contributed by atoms with Crippen molar-refractivity contribution < 1.29 is 4.74 Å². The Labute approximate surface area is 74.1 Å². The van der Waals surface area contributed by atoms with Crippen LogP contribution >= 0.6 is 23.2 Å². The smallest absolute Gasteiger partial charge is 0.173 e. The lowest BCUT2D eigenvalue weighted by atomic mass is 10.4. The van der Waals surface area contributed by atoms with Crippen LogP contribution in [0.25, 0.3) is 0 Å². The van der Waals surface area contributed by atoms with Crippen LogP contribution in [0.3, 0.4) is 0 Å². The molecule has 0 amide bonds. The molecule has 0 saturated carbocycles. The molecule has 0 spiro atoms. The number of rotatable bonds is 1. The van der Waals surface area contributed by atoms with E-state index in [-0.39, 0.29) is 11.0 Å². The van der Waals surface area contributed by atoms with Crippen LogP contribution in [0.5, 0.6) is 5.75 Å². The van der Waals surface area contributed by atoms with E-state index < -0.39 is 0 Å². The Morgan fingerprint density at radius 1 is 1.55 bits per heavy atom. The van der Waals surface area contributed by atoms with Gasteiger partial charge < -0.3 is 10.5 Å². The molecule has 1 heterocycles. The molecule has 1 aromatic rings. The van der Waals surface area contributed by atoms with E-state index in [9.17, 15) is 0 Å². The van der Waals surface area contributed by atoms with Crippen molar-refractivity contribution in [2.24, 2.45) is 0 Å². The van der Waals surface area contributed by atoms with Gasteiger partial charge in [-0.25, -0.2) is 4.98 Å². The average molecular weight is 193 g/mol. The predicted octanol–water partition coefficient (Wildman–Crippen LogP) is 1.98. The molecule has 0 bridgehead atoms. The van der Waals surface area contributed by atoms with Crippen molar-refractivity contribution in [3.63, 3.8) is 0 Å². The molecule has 0 radical (unpaired) electrons. The number of pyridine rings is 1. The quantitative estimate of drug-likeness (QED) is 0.693. The second-order valence-corrected chi connectivity index (χ2v) is 2.61. The van der Waals surface area contributed by atoms with Gasteiger partial charge in [0.25, 0.3) is 0 Å². The zero-order valence-corrected chi connectivity index (χ0v) is 7.28. The maximum atomic E-state index is 5.64. The van der Waals surface area contributed by atoms with Gasteiger partial charge in [0.05, 0.1) is 12.1 Å². The highest BCUT2D eigenvalue weighted by Crippen LogP contribution is 2.28. The molecule has 0 fully saturated rings. The fourth-order valence-electron chi connectivity index (χ4n) is 0.606. The molecule has 0 saturated heterocycles. The molecule has 11 heavy (non-hydrogen) atoms. The standard InChI is InChI=1S/C6H6Cl2N2O/c1-11-4-2-3(7)6(9)10-5(4)8/h2H,1H3,(H2,9,10). The van der Waals surface area contributed by atoms with Gasteiger partial charge >= 0.3 is 0 Å². The molecule has 0 aliphatic rings. The lowest BCUT2D eigenvalue weighted by molar-refractivity contribution is 0.413. The molecule has 0 unspecified atom stereocenters. The van der Waals surface area contributed by atoms with Gasteiger partial charge in [-0.3, -0.25) is 0 Å². The fraction of sp³-hybridized carbons (Fsp3) is 0.167. The van der Waals surface area contributed by atoms with Gasteiger partial charge in [0, 0.05) is 6.07 Å². The van der Waals surface area contributed by atoms with Gasteiger partial charge in [-0.1, -0.05) is 23.2 Å². The topological polar surface area (TPSA) is 48.1 Å². The van der Waals surface area contributed by atoms with Gasteiger partial charge in [0.1, 0.15) is 5.82 Å². The number of nitrogens with zero attached hydrogens (tertiary/aromatic N) is 1. The van der Waals surface area contributed by atoms with Crippen LogP contribution in [0.15, 0.2) is 6.07 Å². The molecule has 5 heteroatoms. The number of nitrogen functional groups attached to an aromatic ring is 1. The highest BCUT2D eigenvalue weighted by Gasteiger charge is 2.05. The number of hydrogen-bond donors (Lipinski definition) is 1. The van der Waals surface area contributed by atoms with Crippen LogP contribution < -0.4 is 10.5 Å². The molecule has 2 N–H and O–H groups in total. The van der Waals surface area contributed by atoms with Gasteiger partial charge in [-0.05, 0) is 0 Å². The normalized spacial score (nSPS) is 9.73. The molecule has 0 aliphatic carbocycles. The highest BCUT2D eigenvalue weighted by molar-refractivity contribution is 6.34. The molecule has 0 aliphatic heterocycles. The van der Waals surface area contributed by atoms with Crippen molar-refractivity contribution in [3.8, 4) is 5.75 Å². The van der Waals surface area contributed by atoms with E-state index in [4.69, 9.17) is 33.7 Å². The zero-order valence-electron chi connectivity index (χ0n) is 5.77. The number of nitrogens with two attached hydrogens (primary N) is 1. The molecule has 1 rings (SSSR count). The first-order valence-corrected chi connectivity index (χ1v) is 3.56. The maximum Gasteiger partial charge on any atom is 0.173 e. The van der Waals surface area contributed by atoms with Crippen LogP contribution in [0.1, 0.15) is 0 Å². The van der Waals surface area contributed by atoms with Crippen LogP contribution in [0, 0.1) is 0 Å². The third-order valence-electron chi connectivity index (χ3n) is 1.14. The first-order chi connectivity index (χ1) is 5.15. The van der Waals surface area contributed by atoms with Crippen LogP contribution in [-0.4, -0.2) is 12.1 Å². The number of aromatic nitrogens is 1. The summed E-state index contributed by atoms with van der Waals surface area (Å²) in [5.74, 6) is 0.628. The minimum Gasteiger partial charge on any atom is -0.493 e. The van der Waals surface area contributed by atoms with E-state index in [1.807, 2.05) is 0 Å². The van der Waals surface area contributed by atoms with Crippen molar-refractivity contribution >= 4 is 29.0 Å². The Hall–Kier alpha value is -0.670. The molecular formula is C6H6Cl2N2O. The number of anilines is 1. The van der Waals surface area contributed by atoms with Gasteiger partial charge in [0.2, 0.25) is 0 Å². The SMILES string of the molecule is COc1cc(Cl)c(N)nc1Cl. The molecular weight excluding hydrogens is 187 g/mol. The Morgan fingerprint density at radius 3 is 2.73 bits per heavy atom. The van der Waals surface area contributed by atoms with Gasteiger partial charge in [-0.2, -0.15) is 0 Å². The average Bonchev–Trinajstić information content (AvgIpc) is 1.97. The van der Waals surface area contributed by atoms with Crippen LogP contribution in [0.4, 0.5) is 5.82 Å². The Kier molecular flexibility index (Phi) is 2.42. The lowest BCUT2D eigenvalue weighted by Gasteiger charge is -2.03. The second kappa shape index (κ2) is 3.15. The van der Waals surface area contributed by atoms with E-state index in [1.165, 1.54) is 13.2 Å². The largest absolute Gasteiger partial charge is 0.493 e. The Balaban J connectivity index is 3.21. The number of halogens is 2. The van der Waals surface area contributed by atoms with Crippen LogP contribution in [0.2, 0.25) is 10.2 Å². The van der Waals surface area contributed by atoms with Crippen molar-refractivity contribution in [3.05, 3.63) is 16.2 Å². The van der Waals surface area contributed by atoms with E-state index >= 15 is 0 Å². The summed E-state index contributed by atoms with van der Waals surface area (Å²) < 4.78 is 4.85. The number of ether oxygens (including phenoxy) is 1. The lowest BCUT2D eigenvalue weighted by Crippen LogP contribution is -1.94. The monoisotopic (exact) mass is 192 g/mol. The van der Waals surface area contributed by atoms with Crippen molar-refractivity contribution in [1.82, 2.24) is 4.98 Å². The van der Waals surface area contributed by atoms with Crippen LogP contribution in [-0.2, 0) is 0 Å². The molecule has 0 atom stereocenters. The van der Waals surface area contributed by atoms with Crippen molar-refractivity contribution in [2.75, 3.05) is 12.8 Å². The van der Waals surface area contributed by atoms with Gasteiger partial charge in [-0.15, -0.1) is 0 Å². The Bertz CT molecular complexity index is 278. The summed E-state index contributed by atoms with van der Waals surface area (Å²) in [6, 6.07) is 1.52. The first kappa shape index (κ1) is 8.43. The van der Waals surface area contributed by atoms with Crippen molar-refractivity contribution in [2.45, 2.75) is 0 Å². The fourth-order valence-corrected chi connectivity index (χ4v) is 0.970. The van der Waals surface area contributed by atoms with Crippen molar-refractivity contribution in [1.29, 1.82) is 0 Å². The highest BCUT2D eigenvalue weighted by atomic mass is 35.5. The summed E-state index contributed by atoms with van der Waals surface area (Å²) in [6.07, 6.45) is 0. The minimum atomic E-state index is 0.206. The summed E-state index contributed by atoms with van der Waals surface area (Å²) in [5, 5.41) is 0.556. The molecule has 60 valence electrons. The third-order valence-corrected chi connectivity index (χ3v) is 1.72. The number of hydrogen-bond acceptors (Lipinski definition) is 3. The zero-order chi connectivity index (χ0) is 8.43. The van der Waals surface area contributed by atoms with E-state index in [2.05, 4.69) is 4.98 Å². The second-order valence-electron chi connectivity index (χ2n) is 1.85. The third kappa shape index (κ3) is 1.67. The predicted molar refractivity (Wildman–Crippen MR) is 45.2 cm³/mol. The summed E-state index contributed by atoms with van der Waals surface area (Å²) >= 11 is 11.3. The number of methoxy groups -OCH3 is 1. The summed E-state index contributed by atoms with van der Waals surface area (Å²) in [6.45, 7) is 0. The molecule has 0 aromatic carbocycles. The molecule has 1 aromatic heterocycles.